The van der Waals surface area contributed by atoms with Crippen LogP contribution in [0.4, 0.5) is 0 Å². The molecule has 1 aliphatic rings. The van der Waals surface area contributed by atoms with Crippen molar-refractivity contribution >= 4 is 0 Å². The van der Waals surface area contributed by atoms with E-state index in [0.29, 0.717) is 12.5 Å². The minimum atomic E-state index is -0.845. The Balaban J connectivity index is 2.31. The molecule has 0 aromatic carbocycles. The second kappa shape index (κ2) is 10.7. The van der Waals surface area contributed by atoms with Gasteiger partial charge >= 0.3 is 0 Å². The van der Waals surface area contributed by atoms with Gasteiger partial charge < -0.3 is 15.2 Å². The lowest BCUT2D eigenvalue weighted by atomic mass is 9.68. The summed E-state index contributed by atoms with van der Waals surface area (Å²) in [6.07, 6.45) is 8.17. The Kier molecular flexibility index (Phi) is 9.86. The molecule has 172 valence electrons. The van der Waals surface area contributed by atoms with E-state index in [4.69, 9.17) is 4.74 Å². The molecular weight excluding hydrogens is 360 g/mol. The van der Waals surface area contributed by atoms with E-state index in [1.54, 1.807) is 0 Å². The lowest BCUT2D eigenvalue weighted by Crippen LogP contribution is -2.55. The Labute approximate surface area is 181 Å². The van der Waals surface area contributed by atoms with Crippen molar-refractivity contribution in [3.8, 4) is 0 Å². The third-order valence-corrected chi connectivity index (χ3v) is 6.37. The van der Waals surface area contributed by atoms with Gasteiger partial charge in [-0.25, -0.2) is 0 Å². The van der Waals surface area contributed by atoms with Gasteiger partial charge in [0.05, 0.1) is 5.60 Å². The molecule has 0 radical (unpaired) electrons. The zero-order valence-electron chi connectivity index (χ0n) is 20.7. The first-order valence-electron chi connectivity index (χ1n) is 11.8. The predicted molar refractivity (Wildman–Crippen MR) is 125 cm³/mol. The Hall–Kier alpha value is -0.420. The van der Waals surface area contributed by atoms with E-state index in [1.165, 1.54) is 5.57 Å². The van der Waals surface area contributed by atoms with Crippen molar-refractivity contribution in [1.29, 1.82) is 0 Å². The van der Waals surface area contributed by atoms with Crippen molar-refractivity contribution < 1.29 is 9.84 Å². The first kappa shape index (κ1) is 26.6. The van der Waals surface area contributed by atoms with Crippen LogP contribution in [0.1, 0.15) is 107 Å². The Bertz CT molecular complexity index is 509. The Morgan fingerprint density at radius 1 is 1.14 bits per heavy atom. The van der Waals surface area contributed by atoms with Crippen LogP contribution in [0.25, 0.3) is 0 Å². The molecule has 0 aromatic heterocycles. The largest absolute Gasteiger partial charge is 0.376 e. The Morgan fingerprint density at radius 3 is 2.41 bits per heavy atom. The van der Waals surface area contributed by atoms with Crippen LogP contribution >= 0.6 is 0 Å². The summed E-state index contributed by atoms with van der Waals surface area (Å²) in [7, 11) is 0. The minimum Gasteiger partial charge on any atom is -0.376 e. The molecule has 1 rings (SSSR count). The fourth-order valence-corrected chi connectivity index (χ4v) is 4.58. The van der Waals surface area contributed by atoms with Gasteiger partial charge in [-0.3, -0.25) is 5.32 Å². The molecule has 0 saturated carbocycles. The average molecular weight is 411 g/mol. The maximum absolute atomic E-state index is 10.7. The van der Waals surface area contributed by atoms with Crippen LogP contribution in [0.5, 0.6) is 0 Å². The van der Waals surface area contributed by atoms with E-state index in [0.717, 1.165) is 58.1 Å². The van der Waals surface area contributed by atoms with Crippen molar-refractivity contribution in [2.45, 2.75) is 130 Å². The van der Waals surface area contributed by atoms with Crippen LogP contribution in [0, 0.1) is 5.41 Å². The smallest absolute Gasteiger partial charge is 0.113 e. The second-order valence-electron chi connectivity index (χ2n) is 11.3. The van der Waals surface area contributed by atoms with Crippen LogP contribution in [-0.2, 0) is 4.74 Å². The van der Waals surface area contributed by atoms with Gasteiger partial charge in [0, 0.05) is 18.2 Å². The van der Waals surface area contributed by atoms with Crippen molar-refractivity contribution in [3.05, 3.63) is 12.2 Å². The number of piperidine rings is 1. The van der Waals surface area contributed by atoms with Crippen LogP contribution in [0.2, 0.25) is 0 Å². The van der Waals surface area contributed by atoms with Gasteiger partial charge in [0.15, 0.2) is 0 Å². The SMILES string of the molecule is C=C1[C@H](CCCCNC(C)(O)CCC(C)(C)OCCCC)NC(C)(C)CC1(C)C. The van der Waals surface area contributed by atoms with Crippen molar-refractivity contribution in [3.63, 3.8) is 0 Å². The molecule has 4 nitrogen and oxygen atoms in total. The second-order valence-corrected chi connectivity index (χ2v) is 11.3. The highest BCUT2D eigenvalue weighted by Gasteiger charge is 2.40. The maximum atomic E-state index is 10.7. The predicted octanol–water partition coefficient (Wildman–Crippen LogP) is 5.55. The average Bonchev–Trinajstić information content (AvgIpc) is 2.56. The molecule has 0 aromatic rings. The molecule has 29 heavy (non-hydrogen) atoms. The summed E-state index contributed by atoms with van der Waals surface area (Å²) in [4.78, 5) is 0. The molecule has 1 aliphatic heterocycles. The first-order valence-corrected chi connectivity index (χ1v) is 11.8. The molecule has 3 N–H and O–H groups in total. The van der Waals surface area contributed by atoms with E-state index in [-0.39, 0.29) is 16.6 Å². The van der Waals surface area contributed by atoms with Gasteiger partial charge in [-0.05, 0) is 85.1 Å². The fourth-order valence-electron chi connectivity index (χ4n) is 4.58. The number of rotatable bonds is 13. The molecule has 1 heterocycles. The third kappa shape index (κ3) is 9.95. The summed E-state index contributed by atoms with van der Waals surface area (Å²) in [5, 5.41) is 17.8. The van der Waals surface area contributed by atoms with Gasteiger partial charge in [0.2, 0.25) is 0 Å². The summed E-state index contributed by atoms with van der Waals surface area (Å²) < 4.78 is 5.97. The molecule has 1 unspecified atom stereocenters. The molecule has 4 heteroatoms. The van der Waals surface area contributed by atoms with Crippen LogP contribution < -0.4 is 10.6 Å². The zero-order chi connectivity index (χ0) is 22.3. The van der Waals surface area contributed by atoms with Crippen LogP contribution in [0.3, 0.4) is 0 Å². The molecule has 0 spiro atoms. The molecule has 0 amide bonds. The lowest BCUT2D eigenvalue weighted by molar-refractivity contribution is -0.0540. The van der Waals surface area contributed by atoms with E-state index < -0.39 is 5.72 Å². The Morgan fingerprint density at radius 2 is 1.79 bits per heavy atom. The first-order chi connectivity index (χ1) is 13.2. The van der Waals surface area contributed by atoms with Gasteiger partial charge in [-0.2, -0.15) is 0 Å². The summed E-state index contributed by atoms with van der Waals surface area (Å²) in [6.45, 7) is 23.5. The quantitative estimate of drug-likeness (QED) is 0.212. The van der Waals surface area contributed by atoms with Crippen molar-refractivity contribution in [2.24, 2.45) is 5.41 Å². The molecular formula is C25H50N2O2. The fraction of sp³-hybridized carbons (Fsp3) is 0.920. The van der Waals surface area contributed by atoms with Crippen LogP contribution in [0.15, 0.2) is 12.2 Å². The number of ether oxygens (including phenoxy) is 1. The van der Waals surface area contributed by atoms with E-state index in [2.05, 4.69) is 65.7 Å². The highest BCUT2D eigenvalue weighted by molar-refractivity contribution is 5.21. The standard InChI is InChI=1S/C25H50N2O2/c1-10-11-18-29-24(7,8)15-16-25(9,28)26-17-13-12-14-21-20(2)22(3,4)19-23(5,6)27-21/h21,26-28H,2,10-19H2,1,3-9H3/t21-,25?/m0/s1. The monoisotopic (exact) mass is 410 g/mol. The molecule has 1 fully saturated rings. The minimum absolute atomic E-state index is 0.156. The van der Waals surface area contributed by atoms with E-state index >= 15 is 0 Å². The van der Waals surface area contributed by atoms with E-state index in [1.807, 2.05) is 6.92 Å². The molecule has 1 saturated heterocycles. The summed E-state index contributed by atoms with van der Waals surface area (Å²) in [5.74, 6) is 0. The highest BCUT2D eigenvalue weighted by atomic mass is 16.5. The normalized spacial score (nSPS) is 23.8. The van der Waals surface area contributed by atoms with Gasteiger partial charge in [-0.15, -0.1) is 0 Å². The lowest BCUT2D eigenvalue weighted by Gasteiger charge is -2.48. The number of hydrogen-bond donors (Lipinski definition) is 3. The molecule has 0 bridgehead atoms. The summed E-state index contributed by atoms with van der Waals surface area (Å²) >= 11 is 0. The number of aliphatic hydroxyl groups is 1. The number of nitrogens with one attached hydrogen (secondary N) is 2. The topological polar surface area (TPSA) is 53.5 Å². The van der Waals surface area contributed by atoms with Crippen molar-refractivity contribution in [1.82, 2.24) is 10.6 Å². The van der Waals surface area contributed by atoms with Gasteiger partial charge in [0.1, 0.15) is 5.72 Å². The highest BCUT2D eigenvalue weighted by Crippen LogP contribution is 2.41. The zero-order valence-corrected chi connectivity index (χ0v) is 20.7. The number of unbranched alkanes of at least 4 members (excludes halogenated alkanes) is 2. The van der Waals surface area contributed by atoms with Gasteiger partial charge in [-0.1, -0.05) is 45.8 Å². The number of hydrogen-bond acceptors (Lipinski definition) is 4. The van der Waals surface area contributed by atoms with E-state index in [9.17, 15) is 5.11 Å². The summed E-state index contributed by atoms with van der Waals surface area (Å²) in [6, 6.07) is 0.385. The molecule has 2 atom stereocenters. The van der Waals surface area contributed by atoms with Crippen LogP contribution in [-0.4, -0.2) is 41.2 Å². The third-order valence-electron chi connectivity index (χ3n) is 6.37. The van der Waals surface area contributed by atoms with Crippen molar-refractivity contribution in [2.75, 3.05) is 13.2 Å². The molecule has 0 aliphatic carbocycles. The summed E-state index contributed by atoms with van der Waals surface area (Å²) in [5.41, 5.74) is 0.647. The van der Waals surface area contributed by atoms with Gasteiger partial charge in [0.25, 0.3) is 0 Å². The maximum Gasteiger partial charge on any atom is 0.113 e.